The van der Waals surface area contributed by atoms with Gasteiger partial charge in [-0.15, -0.1) is 10.2 Å². The summed E-state index contributed by atoms with van der Waals surface area (Å²) >= 11 is 0. The number of nitro benzene ring substituents is 2. The van der Waals surface area contributed by atoms with E-state index in [0.717, 1.165) is 12.1 Å². The molecule has 4 aromatic rings. The van der Waals surface area contributed by atoms with Crippen LogP contribution in [0.5, 0.6) is 0 Å². The van der Waals surface area contributed by atoms with E-state index in [-0.39, 0.29) is 34.9 Å². The Hall–Kier alpha value is -4.76. The molecule has 16 heteroatoms. The van der Waals surface area contributed by atoms with E-state index in [9.17, 15) is 25.0 Å². The van der Waals surface area contributed by atoms with E-state index >= 15 is 0 Å². The summed E-state index contributed by atoms with van der Waals surface area (Å²) in [4.78, 5) is 37.5. The van der Waals surface area contributed by atoms with Crippen molar-refractivity contribution >= 4 is 45.8 Å². The molecule has 0 unspecified atom stereocenters. The Morgan fingerprint density at radius 1 is 1.20 bits per heavy atom. The first-order valence-electron chi connectivity index (χ1n) is 8.13. The normalized spacial score (nSPS) is 11.0. The van der Waals surface area contributed by atoms with E-state index in [0.29, 0.717) is 0 Å². The maximum Gasteiger partial charge on any atom is 0.338 e. The average Bonchev–Trinajstić information content (AvgIpc) is 3.36. The highest BCUT2D eigenvalue weighted by atomic mass is 16.6. The second kappa shape index (κ2) is 7.00. The minimum Gasteiger partial charge on any atom is -0.462 e. The lowest BCUT2D eigenvalue weighted by molar-refractivity contribution is -0.392. The van der Waals surface area contributed by atoms with E-state index in [4.69, 9.17) is 4.74 Å². The highest BCUT2D eigenvalue weighted by Crippen LogP contribution is 2.38. The lowest BCUT2D eigenvalue weighted by Gasteiger charge is -2.09. The van der Waals surface area contributed by atoms with Crippen molar-refractivity contribution in [2.75, 3.05) is 11.9 Å². The van der Waals surface area contributed by atoms with Gasteiger partial charge in [0.25, 0.3) is 0 Å². The Morgan fingerprint density at radius 2 is 1.90 bits per heavy atom. The molecule has 1 aromatic carbocycles. The van der Waals surface area contributed by atoms with Crippen molar-refractivity contribution in [1.29, 1.82) is 0 Å². The summed E-state index contributed by atoms with van der Waals surface area (Å²) in [5.74, 6) is -1.07. The standard InChI is InChI=1S/C14H9N9O7/c1-2-29-14(24)6-3-7(22(25)26)9(8(4-6)23(27)28)16-10-12-18-15-5-21(12)13-11(17-10)19-30-20-13/h3-5H,2H2,1H3,(H,16,17,19). The van der Waals surface area contributed by atoms with Crippen LogP contribution in [0.15, 0.2) is 23.1 Å². The zero-order valence-corrected chi connectivity index (χ0v) is 14.9. The van der Waals surface area contributed by atoms with Crippen molar-refractivity contribution in [2.24, 2.45) is 0 Å². The van der Waals surface area contributed by atoms with E-state index in [2.05, 4.69) is 35.4 Å². The maximum atomic E-state index is 12.0. The molecule has 0 radical (unpaired) electrons. The Morgan fingerprint density at radius 3 is 2.53 bits per heavy atom. The summed E-state index contributed by atoms with van der Waals surface area (Å²) in [5, 5.41) is 40.5. The molecule has 0 saturated heterocycles. The summed E-state index contributed by atoms with van der Waals surface area (Å²) in [7, 11) is 0. The molecule has 4 rings (SSSR count). The SMILES string of the molecule is CCOC(=O)c1cc([N+](=O)[O-])c(Nc2nc3nonc3n3cnnc23)c([N+](=O)[O-])c1. The molecule has 0 aliphatic carbocycles. The number of carbonyl (C=O) groups is 1. The van der Waals surface area contributed by atoms with Crippen LogP contribution in [-0.2, 0) is 4.74 Å². The summed E-state index contributed by atoms with van der Waals surface area (Å²) in [5.41, 5.74) is -2.14. The van der Waals surface area contributed by atoms with Gasteiger partial charge >= 0.3 is 17.3 Å². The molecule has 0 aliphatic rings. The van der Waals surface area contributed by atoms with E-state index in [1.807, 2.05) is 0 Å². The third kappa shape index (κ3) is 2.97. The predicted octanol–water partition coefficient (Wildman–Crippen LogP) is 1.40. The number of hydrogen-bond donors (Lipinski definition) is 1. The number of ether oxygens (including phenoxy) is 1. The first-order valence-corrected chi connectivity index (χ1v) is 8.13. The molecule has 1 N–H and O–H groups in total. The van der Waals surface area contributed by atoms with E-state index in [1.54, 1.807) is 0 Å². The molecule has 3 heterocycles. The van der Waals surface area contributed by atoms with Crippen LogP contribution in [0.4, 0.5) is 22.9 Å². The first kappa shape index (κ1) is 18.6. The molecule has 0 saturated carbocycles. The number of fused-ring (bicyclic) bond motifs is 3. The van der Waals surface area contributed by atoms with Gasteiger partial charge < -0.3 is 10.1 Å². The van der Waals surface area contributed by atoms with Crippen molar-refractivity contribution in [3.05, 3.63) is 44.3 Å². The molecule has 0 aliphatic heterocycles. The average molecular weight is 415 g/mol. The van der Waals surface area contributed by atoms with Gasteiger partial charge in [0.05, 0.1) is 22.0 Å². The molecule has 152 valence electrons. The van der Waals surface area contributed by atoms with Gasteiger partial charge in [0.1, 0.15) is 6.33 Å². The number of benzene rings is 1. The van der Waals surface area contributed by atoms with Gasteiger partial charge in [-0.2, -0.15) is 0 Å². The van der Waals surface area contributed by atoms with Crippen molar-refractivity contribution in [3.8, 4) is 0 Å². The highest BCUT2D eigenvalue weighted by Gasteiger charge is 2.30. The Bertz CT molecular complexity index is 1290. The van der Waals surface area contributed by atoms with Gasteiger partial charge in [-0.1, -0.05) is 0 Å². The molecule has 0 fully saturated rings. The number of carbonyl (C=O) groups excluding carboxylic acids is 1. The van der Waals surface area contributed by atoms with Crippen LogP contribution in [0.1, 0.15) is 17.3 Å². The van der Waals surface area contributed by atoms with Crippen LogP contribution >= 0.6 is 0 Å². The summed E-state index contributed by atoms with van der Waals surface area (Å²) in [6.45, 7) is 1.52. The van der Waals surface area contributed by atoms with Crippen LogP contribution in [0.25, 0.3) is 16.9 Å². The van der Waals surface area contributed by atoms with Gasteiger partial charge in [-0.3, -0.25) is 24.6 Å². The van der Waals surface area contributed by atoms with Gasteiger partial charge in [0.15, 0.2) is 11.5 Å². The van der Waals surface area contributed by atoms with Crippen molar-refractivity contribution in [2.45, 2.75) is 6.92 Å². The zero-order chi connectivity index (χ0) is 21.4. The molecule has 30 heavy (non-hydrogen) atoms. The lowest BCUT2D eigenvalue weighted by atomic mass is 10.1. The number of aromatic nitrogens is 6. The second-order valence-corrected chi connectivity index (χ2v) is 5.65. The summed E-state index contributed by atoms with van der Waals surface area (Å²) in [6.07, 6.45) is 1.27. The number of esters is 1. The van der Waals surface area contributed by atoms with E-state index in [1.165, 1.54) is 17.7 Å². The molecule has 0 bridgehead atoms. The Labute approximate surface area is 163 Å². The topological polar surface area (TPSA) is 207 Å². The third-order valence-electron chi connectivity index (χ3n) is 3.90. The van der Waals surface area contributed by atoms with Crippen molar-refractivity contribution in [1.82, 2.24) is 29.9 Å². The fraction of sp³-hybridized carbons (Fsp3) is 0.143. The van der Waals surface area contributed by atoms with Gasteiger partial charge in [0.2, 0.25) is 16.9 Å². The summed E-state index contributed by atoms with van der Waals surface area (Å²) < 4.78 is 10.7. The number of nitro groups is 2. The lowest BCUT2D eigenvalue weighted by Crippen LogP contribution is -2.09. The van der Waals surface area contributed by atoms with E-state index < -0.39 is 32.9 Å². The minimum absolute atomic E-state index is 0.00162. The second-order valence-electron chi connectivity index (χ2n) is 5.65. The number of anilines is 2. The molecular weight excluding hydrogens is 406 g/mol. The predicted molar refractivity (Wildman–Crippen MR) is 95.1 cm³/mol. The van der Waals surface area contributed by atoms with Crippen LogP contribution in [-0.4, -0.2) is 52.3 Å². The number of nitrogens with zero attached hydrogens (tertiary/aromatic N) is 8. The molecule has 0 atom stereocenters. The van der Waals surface area contributed by atoms with Crippen LogP contribution < -0.4 is 5.32 Å². The molecule has 0 spiro atoms. The Balaban J connectivity index is 1.92. The summed E-state index contributed by atoms with van der Waals surface area (Å²) in [6, 6.07) is 1.73. The van der Waals surface area contributed by atoms with Gasteiger partial charge in [-0.25, -0.2) is 14.4 Å². The first-order chi connectivity index (χ1) is 14.4. The number of rotatable bonds is 6. The minimum atomic E-state index is -0.941. The fourth-order valence-electron chi connectivity index (χ4n) is 2.67. The molecule has 16 nitrogen and oxygen atoms in total. The molecule has 0 amide bonds. The van der Waals surface area contributed by atoms with Crippen LogP contribution in [0, 0.1) is 20.2 Å². The smallest absolute Gasteiger partial charge is 0.338 e. The fourth-order valence-corrected chi connectivity index (χ4v) is 2.67. The third-order valence-corrected chi connectivity index (χ3v) is 3.90. The molecule has 3 aromatic heterocycles. The number of hydrogen-bond acceptors (Lipinski definition) is 13. The van der Waals surface area contributed by atoms with Gasteiger partial charge in [-0.05, 0) is 17.2 Å². The van der Waals surface area contributed by atoms with Crippen LogP contribution in [0.2, 0.25) is 0 Å². The highest BCUT2D eigenvalue weighted by molar-refractivity contribution is 5.95. The number of nitrogens with one attached hydrogen (secondary N) is 1. The largest absolute Gasteiger partial charge is 0.462 e. The zero-order valence-electron chi connectivity index (χ0n) is 14.9. The maximum absolute atomic E-state index is 12.0. The van der Waals surface area contributed by atoms with Crippen molar-refractivity contribution in [3.63, 3.8) is 0 Å². The monoisotopic (exact) mass is 415 g/mol. The Kier molecular flexibility index (Phi) is 4.34. The van der Waals surface area contributed by atoms with Crippen molar-refractivity contribution < 1.29 is 24.0 Å². The molecular formula is C14H9N9O7. The van der Waals surface area contributed by atoms with Gasteiger partial charge in [0, 0.05) is 12.1 Å². The van der Waals surface area contributed by atoms with Crippen LogP contribution in [0.3, 0.4) is 0 Å². The quantitative estimate of drug-likeness (QED) is 0.268.